The molecule has 2 heterocycles. The number of benzene rings is 1. The number of nitrogens with zero attached hydrogens (tertiary/aromatic N) is 2. The zero-order chi connectivity index (χ0) is 16.2. The number of piperidine rings is 1. The fourth-order valence-corrected chi connectivity index (χ4v) is 3.11. The van der Waals surface area contributed by atoms with Gasteiger partial charge in [0.15, 0.2) is 0 Å². The van der Waals surface area contributed by atoms with E-state index in [1.807, 2.05) is 4.90 Å². The maximum absolute atomic E-state index is 12.7. The van der Waals surface area contributed by atoms with Crippen molar-refractivity contribution in [2.24, 2.45) is 0 Å². The molecule has 0 aliphatic carbocycles. The predicted octanol–water partition coefficient (Wildman–Crippen LogP) is 3.42. The predicted molar refractivity (Wildman–Crippen MR) is 89.8 cm³/mol. The third-order valence-electron chi connectivity index (χ3n) is 4.45. The Morgan fingerprint density at radius 2 is 2.04 bits per heavy atom. The lowest BCUT2D eigenvalue weighted by Gasteiger charge is -2.33. The second-order valence-corrected chi connectivity index (χ2v) is 6.09. The zero-order valence-electron chi connectivity index (χ0n) is 13.7. The second kappa shape index (κ2) is 6.82. The summed E-state index contributed by atoms with van der Waals surface area (Å²) in [4.78, 5) is 18.8. The fourth-order valence-electron chi connectivity index (χ4n) is 3.11. The maximum Gasteiger partial charge on any atom is 0.254 e. The van der Waals surface area contributed by atoms with Crippen LogP contribution in [0.5, 0.6) is 5.88 Å². The smallest absolute Gasteiger partial charge is 0.254 e. The molecule has 0 spiro atoms. The standard InChI is InChI=1S/C19H22N2O2/c1-14-5-7-15(8-6-14)17-4-3-11-21(13-17)19(22)16-9-10-20-18(12-16)23-2/h5-10,12,17H,3-4,11,13H2,1-2H3/t17-/m0/s1. The highest BCUT2D eigenvalue weighted by molar-refractivity contribution is 5.94. The molecule has 1 atom stereocenters. The molecule has 4 nitrogen and oxygen atoms in total. The monoisotopic (exact) mass is 310 g/mol. The average Bonchev–Trinajstić information content (AvgIpc) is 2.62. The van der Waals surface area contributed by atoms with Gasteiger partial charge < -0.3 is 9.64 Å². The number of aromatic nitrogens is 1. The first-order chi connectivity index (χ1) is 11.2. The van der Waals surface area contributed by atoms with Crippen molar-refractivity contribution in [3.05, 3.63) is 59.3 Å². The molecule has 120 valence electrons. The summed E-state index contributed by atoms with van der Waals surface area (Å²) in [5.74, 6) is 0.947. The molecule has 1 aliphatic rings. The van der Waals surface area contributed by atoms with Gasteiger partial charge in [-0.3, -0.25) is 4.79 Å². The van der Waals surface area contributed by atoms with E-state index in [9.17, 15) is 4.79 Å². The van der Waals surface area contributed by atoms with Gasteiger partial charge in [-0.15, -0.1) is 0 Å². The molecule has 2 aromatic rings. The Morgan fingerprint density at radius 3 is 2.78 bits per heavy atom. The molecule has 1 aromatic heterocycles. The number of rotatable bonds is 3. The van der Waals surface area contributed by atoms with Crippen LogP contribution in [0.25, 0.3) is 0 Å². The van der Waals surface area contributed by atoms with E-state index in [-0.39, 0.29) is 5.91 Å². The molecule has 4 heteroatoms. The Labute approximate surface area is 137 Å². The lowest BCUT2D eigenvalue weighted by Crippen LogP contribution is -2.39. The summed E-state index contributed by atoms with van der Waals surface area (Å²) in [7, 11) is 1.56. The molecule has 1 aliphatic heterocycles. The van der Waals surface area contributed by atoms with Crippen molar-refractivity contribution in [1.82, 2.24) is 9.88 Å². The summed E-state index contributed by atoms with van der Waals surface area (Å²) in [5.41, 5.74) is 3.23. The molecule has 1 aromatic carbocycles. The molecule has 0 saturated carbocycles. The number of carbonyl (C=O) groups is 1. The molecule has 1 saturated heterocycles. The number of hydrogen-bond donors (Lipinski definition) is 0. The number of hydrogen-bond acceptors (Lipinski definition) is 3. The van der Waals surface area contributed by atoms with Gasteiger partial charge in [-0.05, 0) is 31.4 Å². The van der Waals surface area contributed by atoms with E-state index in [0.717, 1.165) is 25.9 Å². The molecule has 3 rings (SSSR count). The van der Waals surface area contributed by atoms with Crippen molar-refractivity contribution < 1.29 is 9.53 Å². The summed E-state index contributed by atoms with van der Waals surface area (Å²) >= 11 is 0. The summed E-state index contributed by atoms with van der Waals surface area (Å²) in [6.45, 7) is 3.68. The van der Waals surface area contributed by atoms with Crippen LogP contribution in [0.4, 0.5) is 0 Å². The van der Waals surface area contributed by atoms with Crippen LogP contribution in [0.2, 0.25) is 0 Å². The summed E-state index contributed by atoms with van der Waals surface area (Å²) in [6, 6.07) is 12.1. The van der Waals surface area contributed by atoms with Gasteiger partial charge in [-0.1, -0.05) is 29.8 Å². The van der Waals surface area contributed by atoms with Crippen LogP contribution in [0.3, 0.4) is 0 Å². The lowest BCUT2D eigenvalue weighted by molar-refractivity contribution is 0.0706. The van der Waals surface area contributed by atoms with Gasteiger partial charge in [-0.25, -0.2) is 4.98 Å². The first-order valence-corrected chi connectivity index (χ1v) is 8.03. The normalized spacial score (nSPS) is 17.8. The van der Waals surface area contributed by atoms with Crippen LogP contribution in [0.1, 0.15) is 40.2 Å². The quantitative estimate of drug-likeness (QED) is 0.872. The van der Waals surface area contributed by atoms with E-state index in [0.29, 0.717) is 17.4 Å². The first kappa shape index (κ1) is 15.5. The van der Waals surface area contributed by atoms with Crippen LogP contribution in [0.15, 0.2) is 42.6 Å². The lowest BCUT2D eigenvalue weighted by atomic mass is 9.90. The van der Waals surface area contributed by atoms with E-state index < -0.39 is 0 Å². The number of likely N-dealkylation sites (tertiary alicyclic amines) is 1. The number of carbonyl (C=O) groups excluding carboxylic acids is 1. The van der Waals surface area contributed by atoms with E-state index in [1.54, 1.807) is 25.4 Å². The molecule has 0 unspecified atom stereocenters. The van der Waals surface area contributed by atoms with E-state index in [1.165, 1.54) is 11.1 Å². The Bertz CT molecular complexity index is 682. The number of methoxy groups -OCH3 is 1. The van der Waals surface area contributed by atoms with Gasteiger partial charge in [0.1, 0.15) is 0 Å². The minimum atomic E-state index is 0.0579. The van der Waals surface area contributed by atoms with Crippen molar-refractivity contribution in [2.45, 2.75) is 25.7 Å². The topological polar surface area (TPSA) is 42.4 Å². The van der Waals surface area contributed by atoms with E-state index in [2.05, 4.69) is 36.2 Å². The van der Waals surface area contributed by atoms with Crippen molar-refractivity contribution in [3.8, 4) is 5.88 Å². The van der Waals surface area contributed by atoms with Crippen LogP contribution in [0, 0.1) is 6.92 Å². The van der Waals surface area contributed by atoms with E-state index >= 15 is 0 Å². The third-order valence-corrected chi connectivity index (χ3v) is 4.45. The van der Waals surface area contributed by atoms with Gasteiger partial charge >= 0.3 is 0 Å². The summed E-state index contributed by atoms with van der Waals surface area (Å²) in [5, 5.41) is 0. The minimum Gasteiger partial charge on any atom is -0.481 e. The second-order valence-electron chi connectivity index (χ2n) is 6.09. The van der Waals surface area contributed by atoms with Crippen LogP contribution in [-0.4, -0.2) is 36.0 Å². The van der Waals surface area contributed by atoms with Gasteiger partial charge in [0.2, 0.25) is 5.88 Å². The largest absolute Gasteiger partial charge is 0.481 e. The van der Waals surface area contributed by atoms with Gasteiger partial charge in [-0.2, -0.15) is 0 Å². The Hall–Kier alpha value is -2.36. The highest BCUT2D eigenvalue weighted by Crippen LogP contribution is 2.28. The number of ether oxygens (including phenoxy) is 1. The third kappa shape index (κ3) is 3.52. The Balaban J connectivity index is 1.75. The van der Waals surface area contributed by atoms with Crippen LogP contribution < -0.4 is 4.74 Å². The molecule has 0 radical (unpaired) electrons. The molecule has 1 amide bonds. The highest BCUT2D eigenvalue weighted by atomic mass is 16.5. The van der Waals surface area contributed by atoms with Gasteiger partial charge in [0.05, 0.1) is 7.11 Å². The SMILES string of the molecule is COc1cc(C(=O)N2CCC[C@H](c3ccc(C)cc3)C2)ccn1. The van der Waals surface area contributed by atoms with Crippen LogP contribution >= 0.6 is 0 Å². The molecular formula is C19H22N2O2. The van der Waals surface area contributed by atoms with Crippen molar-refractivity contribution >= 4 is 5.91 Å². The minimum absolute atomic E-state index is 0.0579. The Kier molecular flexibility index (Phi) is 4.60. The Morgan fingerprint density at radius 1 is 1.26 bits per heavy atom. The first-order valence-electron chi connectivity index (χ1n) is 8.03. The van der Waals surface area contributed by atoms with Gasteiger partial charge in [0, 0.05) is 36.8 Å². The summed E-state index contributed by atoms with van der Waals surface area (Å²) < 4.78 is 5.11. The number of amides is 1. The molecule has 0 bridgehead atoms. The summed E-state index contributed by atoms with van der Waals surface area (Å²) in [6.07, 6.45) is 3.78. The number of pyridine rings is 1. The molecule has 0 N–H and O–H groups in total. The van der Waals surface area contributed by atoms with Crippen LogP contribution in [-0.2, 0) is 0 Å². The highest BCUT2D eigenvalue weighted by Gasteiger charge is 2.25. The average molecular weight is 310 g/mol. The molecule has 23 heavy (non-hydrogen) atoms. The number of aryl methyl sites for hydroxylation is 1. The fraction of sp³-hybridized carbons (Fsp3) is 0.368. The molecule has 1 fully saturated rings. The van der Waals surface area contributed by atoms with Crippen molar-refractivity contribution in [3.63, 3.8) is 0 Å². The van der Waals surface area contributed by atoms with Gasteiger partial charge in [0.25, 0.3) is 5.91 Å². The van der Waals surface area contributed by atoms with E-state index in [4.69, 9.17) is 4.74 Å². The van der Waals surface area contributed by atoms with Crippen molar-refractivity contribution in [2.75, 3.05) is 20.2 Å². The molecular weight excluding hydrogens is 288 g/mol. The zero-order valence-corrected chi connectivity index (χ0v) is 13.7. The van der Waals surface area contributed by atoms with Crippen molar-refractivity contribution in [1.29, 1.82) is 0 Å². The maximum atomic E-state index is 12.7.